The van der Waals surface area contributed by atoms with E-state index >= 15 is 0 Å². The summed E-state index contributed by atoms with van der Waals surface area (Å²) >= 11 is 5.62. The van der Waals surface area contributed by atoms with Gasteiger partial charge in [0, 0.05) is 10.6 Å². The van der Waals surface area contributed by atoms with Gasteiger partial charge in [0.1, 0.15) is 5.75 Å². The Hall–Kier alpha value is -1.71. The van der Waals surface area contributed by atoms with Crippen LogP contribution in [-0.4, -0.2) is 31.5 Å². The second-order valence-corrected chi connectivity index (χ2v) is 4.34. The second-order valence-electron chi connectivity index (χ2n) is 3.90. The SMILES string of the molecule is COc1ccc(Cl)cc1/C=N\NC(F)(F)C(F)(F)C(F)(F)F. The minimum Gasteiger partial charge on any atom is -0.496 e. The van der Waals surface area contributed by atoms with E-state index in [0.29, 0.717) is 11.6 Å². The van der Waals surface area contributed by atoms with Crippen LogP contribution in [0.3, 0.4) is 0 Å². The van der Waals surface area contributed by atoms with Crippen molar-refractivity contribution < 1.29 is 35.5 Å². The zero-order valence-electron chi connectivity index (χ0n) is 10.7. The molecule has 1 rings (SSSR count). The number of nitrogens with zero attached hydrogens (tertiary/aromatic N) is 1. The third-order valence-corrected chi connectivity index (χ3v) is 2.59. The van der Waals surface area contributed by atoms with Gasteiger partial charge in [0.25, 0.3) is 0 Å². The fraction of sp³-hybridized carbons (Fsp3) is 0.364. The summed E-state index contributed by atoms with van der Waals surface area (Å²) in [6.45, 7) is 0. The fourth-order valence-electron chi connectivity index (χ4n) is 1.24. The number of benzene rings is 1. The normalized spacial score (nSPS) is 13.5. The molecule has 0 spiro atoms. The van der Waals surface area contributed by atoms with Crippen LogP contribution in [0.1, 0.15) is 5.56 Å². The van der Waals surface area contributed by atoms with Gasteiger partial charge in [0.05, 0.1) is 13.3 Å². The van der Waals surface area contributed by atoms with Gasteiger partial charge >= 0.3 is 18.1 Å². The molecule has 0 amide bonds. The van der Waals surface area contributed by atoms with Gasteiger partial charge in [-0.25, -0.2) is 5.43 Å². The molecule has 1 N–H and O–H groups in total. The molecule has 0 aromatic heterocycles. The Balaban J connectivity index is 2.96. The van der Waals surface area contributed by atoms with Crippen molar-refractivity contribution in [3.63, 3.8) is 0 Å². The van der Waals surface area contributed by atoms with Crippen LogP contribution in [0.15, 0.2) is 23.3 Å². The van der Waals surface area contributed by atoms with Gasteiger partial charge in [-0.3, -0.25) is 0 Å². The monoisotopic (exact) mass is 352 g/mol. The summed E-state index contributed by atoms with van der Waals surface area (Å²) in [5.41, 5.74) is 0.487. The lowest BCUT2D eigenvalue weighted by Crippen LogP contribution is -2.58. The van der Waals surface area contributed by atoms with Gasteiger partial charge < -0.3 is 4.74 Å². The number of nitrogens with one attached hydrogen (secondary N) is 1. The number of alkyl halides is 7. The standard InChI is InChI=1S/C11H8ClF7N2O/c1-22-8-3-2-7(12)4-6(8)5-20-21-11(18,19)9(13,14)10(15,16)17/h2-5,21H,1H3/b20-5-. The van der Waals surface area contributed by atoms with Gasteiger partial charge in [-0.15, -0.1) is 0 Å². The average Bonchev–Trinajstić information content (AvgIpc) is 2.37. The molecule has 0 aliphatic heterocycles. The first-order valence-corrected chi connectivity index (χ1v) is 5.76. The Bertz CT molecular complexity index is 560. The van der Waals surface area contributed by atoms with Gasteiger partial charge in [0.2, 0.25) is 0 Å². The molecule has 11 heteroatoms. The molecule has 1 aromatic carbocycles. The molecule has 0 aliphatic carbocycles. The molecule has 0 fully saturated rings. The van der Waals surface area contributed by atoms with Crippen molar-refractivity contribution in [1.82, 2.24) is 5.43 Å². The lowest BCUT2D eigenvalue weighted by Gasteiger charge is -2.27. The number of ether oxygens (including phenoxy) is 1. The summed E-state index contributed by atoms with van der Waals surface area (Å²) in [5, 5.41) is 2.85. The van der Waals surface area contributed by atoms with Crippen LogP contribution in [-0.2, 0) is 0 Å². The van der Waals surface area contributed by atoms with E-state index in [1.165, 1.54) is 25.3 Å². The largest absolute Gasteiger partial charge is 0.496 e. The molecule has 0 unspecified atom stereocenters. The van der Waals surface area contributed by atoms with E-state index < -0.39 is 18.1 Å². The summed E-state index contributed by atoms with van der Waals surface area (Å²) in [6, 6.07) is -1.73. The van der Waals surface area contributed by atoms with Gasteiger partial charge in [-0.2, -0.15) is 35.8 Å². The maximum Gasteiger partial charge on any atom is 0.462 e. The minimum absolute atomic E-state index is 0.00590. The molecule has 22 heavy (non-hydrogen) atoms. The summed E-state index contributed by atoms with van der Waals surface area (Å²) in [7, 11) is 1.22. The Morgan fingerprint density at radius 3 is 2.23 bits per heavy atom. The van der Waals surface area contributed by atoms with Crippen molar-refractivity contribution >= 4 is 17.8 Å². The molecule has 0 heterocycles. The highest BCUT2D eigenvalue weighted by molar-refractivity contribution is 6.30. The highest BCUT2D eigenvalue weighted by Gasteiger charge is 2.73. The van der Waals surface area contributed by atoms with E-state index in [-0.39, 0.29) is 16.3 Å². The highest BCUT2D eigenvalue weighted by atomic mass is 35.5. The van der Waals surface area contributed by atoms with Gasteiger partial charge in [0.15, 0.2) is 0 Å². The molecule has 0 saturated heterocycles. The number of hydrogen-bond donors (Lipinski definition) is 1. The quantitative estimate of drug-likeness (QED) is 0.375. The van der Waals surface area contributed by atoms with Crippen molar-refractivity contribution in [2.75, 3.05) is 7.11 Å². The summed E-state index contributed by atoms with van der Waals surface area (Å²) in [4.78, 5) is 0. The first-order chi connectivity index (χ1) is 9.92. The zero-order chi connectivity index (χ0) is 17.2. The van der Waals surface area contributed by atoms with E-state index in [2.05, 4.69) is 5.10 Å². The predicted octanol–water partition coefficient (Wildman–Crippen LogP) is 4.06. The van der Waals surface area contributed by atoms with Crippen LogP contribution in [0.4, 0.5) is 30.7 Å². The minimum atomic E-state index is -6.44. The average molecular weight is 353 g/mol. The predicted molar refractivity (Wildman–Crippen MR) is 64.7 cm³/mol. The molecule has 1 aromatic rings. The van der Waals surface area contributed by atoms with Crippen molar-refractivity contribution in [2.45, 2.75) is 18.1 Å². The summed E-state index contributed by atoms with van der Waals surface area (Å²) < 4.78 is 91.5. The van der Waals surface area contributed by atoms with E-state index in [1.807, 2.05) is 0 Å². The van der Waals surface area contributed by atoms with Crippen LogP contribution in [0, 0.1) is 0 Å². The molecule has 0 bridgehead atoms. The third-order valence-electron chi connectivity index (χ3n) is 2.35. The maximum atomic E-state index is 12.9. The van der Waals surface area contributed by atoms with E-state index in [9.17, 15) is 30.7 Å². The molecule has 0 aliphatic rings. The van der Waals surface area contributed by atoms with Crippen LogP contribution < -0.4 is 10.2 Å². The molecular weight excluding hydrogens is 345 g/mol. The first kappa shape index (κ1) is 18.3. The van der Waals surface area contributed by atoms with Crippen molar-refractivity contribution in [3.05, 3.63) is 28.8 Å². The lowest BCUT2D eigenvalue weighted by molar-refractivity contribution is -0.361. The lowest BCUT2D eigenvalue weighted by atomic mass is 10.2. The Kier molecular flexibility index (Phi) is 5.16. The number of hydrazone groups is 1. The van der Waals surface area contributed by atoms with E-state index in [1.54, 1.807) is 0 Å². The van der Waals surface area contributed by atoms with Crippen molar-refractivity contribution in [3.8, 4) is 5.75 Å². The Morgan fingerprint density at radius 1 is 1.14 bits per heavy atom. The highest BCUT2D eigenvalue weighted by Crippen LogP contribution is 2.44. The molecule has 124 valence electrons. The summed E-state index contributed by atoms with van der Waals surface area (Å²) in [6.07, 6.45) is -5.86. The smallest absolute Gasteiger partial charge is 0.462 e. The number of hydrogen-bond acceptors (Lipinski definition) is 3. The second kappa shape index (κ2) is 6.19. The number of rotatable bonds is 5. The Morgan fingerprint density at radius 2 is 1.73 bits per heavy atom. The zero-order valence-corrected chi connectivity index (χ0v) is 11.4. The number of methoxy groups -OCH3 is 1. The van der Waals surface area contributed by atoms with Crippen LogP contribution in [0.25, 0.3) is 0 Å². The summed E-state index contributed by atoms with van der Waals surface area (Å²) in [5.74, 6) is -6.20. The topological polar surface area (TPSA) is 33.6 Å². The van der Waals surface area contributed by atoms with Crippen LogP contribution >= 0.6 is 11.6 Å². The molecular formula is C11H8ClF7N2O. The van der Waals surface area contributed by atoms with E-state index in [4.69, 9.17) is 16.3 Å². The first-order valence-electron chi connectivity index (χ1n) is 5.38. The van der Waals surface area contributed by atoms with E-state index in [0.717, 1.165) is 0 Å². The van der Waals surface area contributed by atoms with Gasteiger partial charge in [-0.05, 0) is 18.2 Å². The maximum absolute atomic E-state index is 12.9. The number of halogens is 8. The molecule has 3 nitrogen and oxygen atoms in total. The fourth-order valence-corrected chi connectivity index (χ4v) is 1.42. The Labute approximate surface area is 124 Å². The van der Waals surface area contributed by atoms with Crippen molar-refractivity contribution in [2.24, 2.45) is 5.10 Å². The third kappa shape index (κ3) is 3.73. The molecule has 0 saturated carbocycles. The molecule has 0 radical (unpaired) electrons. The van der Waals surface area contributed by atoms with Crippen molar-refractivity contribution in [1.29, 1.82) is 0 Å². The van der Waals surface area contributed by atoms with Gasteiger partial charge in [-0.1, -0.05) is 11.6 Å². The van der Waals surface area contributed by atoms with Crippen LogP contribution in [0.5, 0.6) is 5.75 Å². The molecule has 0 atom stereocenters. The van der Waals surface area contributed by atoms with Crippen LogP contribution in [0.2, 0.25) is 5.02 Å².